The topological polar surface area (TPSA) is 93.1 Å². The fourth-order valence-corrected chi connectivity index (χ4v) is 1.67. The fraction of sp³-hybridized carbons (Fsp3) is 0.176. The van der Waals surface area contributed by atoms with Gasteiger partial charge in [0.25, 0.3) is 0 Å². The number of benzene rings is 2. The summed E-state index contributed by atoms with van der Waals surface area (Å²) in [6.45, 7) is 2.28. The van der Waals surface area contributed by atoms with Crippen molar-refractivity contribution in [3.05, 3.63) is 47.5 Å². The Labute approximate surface area is 133 Å². The Morgan fingerprint density at radius 2 is 1.78 bits per heavy atom. The fourth-order valence-electron chi connectivity index (χ4n) is 1.67. The average molecular weight is 318 g/mol. The van der Waals surface area contributed by atoms with Crippen LogP contribution >= 0.6 is 0 Å². The van der Waals surface area contributed by atoms with Gasteiger partial charge in [-0.3, -0.25) is 9.59 Å². The predicted molar refractivity (Wildman–Crippen MR) is 84.7 cm³/mol. The van der Waals surface area contributed by atoms with Crippen LogP contribution in [0.15, 0.2) is 36.4 Å². The minimum absolute atomic E-state index is 0.0578. The predicted octanol–water partition coefficient (Wildman–Crippen LogP) is 2.82. The van der Waals surface area contributed by atoms with Gasteiger partial charge in [0, 0.05) is 5.56 Å². The van der Waals surface area contributed by atoms with Gasteiger partial charge in [-0.1, -0.05) is 6.07 Å². The Hall–Kier alpha value is -3.02. The van der Waals surface area contributed by atoms with Gasteiger partial charge in [-0.25, -0.2) is 0 Å². The molecule has 0 bridgehead atoms. The molecule has 2 N–H and O–H groups in total. The molecule has 2 aromatic rings. The van der Waals surface area contributed by atoms with Gasteiger partial charge in [-0.15, -0.1) is 0 Å². The van der Waals surface area contributed by atoms with Crippen molar-refractivity contribution in [1.82, 2.24) is 0 Å². The highest BCUT2D eigenvalue weighted by Crippen LogP contribution is 2.27. The van der Waals surface area contributed by atoms with E-state index in [0.29, 0.717) is 36.2 Å². The van der Waals surface area contributed by atoms with Gasteiger partial charge in [0.1, 0.15) is 6.29 Å². The lowest BCUT2D eigenvalue weighted by atomic mass is 10.2. The van der Waals surface area contributed by atoms with Crippen LogP contribution in [-0.4, -0.2) is 36.5 Å². The second-order valence-corrected chi connectivity index (χ2v) is 4.29. The first-order chi connectivity index (χ1) is 11.1. The van der Waals surface area contributed by atoms with Crippen molar-refractivity contribution < 1.29 is 29.3 Å². The molecule has 0 aliphatic heterocycles. The van der Waals surface area contributed by atoms with Gasteiger partial charge in [0.05, 0.1) is 19.3 Å². The Morgan fingerprint density at radius 3 is 2.35 bits per heavy atom. The number of aldehydes is 2. The summed E-state index contributed by atoms with van der Waals surface area (Å²) in [4.78, 5) is 20.6. The number of ether oxygens (including phenoxy) is 2. The third kappa shape index (κ3) is 5.03. The van der Waals surface area contributed by atoms with Crippen molar-refractivity contribution in [3.8, 4) is 23.0 Å². The molecule has 23 heavy (non-hydrogen) atoms. The molecule has 6 heteroatoms. The van der Waals surface area contributed by atoms with Crippen molar-refractivity contribution in [2.45, 2.75) is 6.92 Å². The monoisotopic (exact) mass is 318 g/mol. The molecule has 0 saturated heterocycles. The highest BCUT2D eigenvalue weighted by Gasteiger charge is 2.04. The molecule has 0 heterocycles. The zero-order valence-corrected chi connectivity index (χ0v) is 12.9. The number of phenols is 2. The van der Waals surface area contributed by atoms with Crippen molar-refractivity contribution in [2.24, 2.45) is 0 Å². The first-order valence-corrected chi connectivity index (χ1v) is 6.79. The molecule has 0 radical (unpaired) electrons. The van der Waals surface area contributed by atoms with Crippen LogP contribution in [0.3, 0.4) is 0 Å². The number of hydrogen-bond acceptors (Lipinski definition) is 6. The van der Waals surface area contributed by atoms with Crippen LogP contribution in [-0.2, 0) is 0 Å². The summed E-state index contributed by atoms with van der Waals surface area (Å²) in [7, 11) is 1.43. The number of hydrogen-bond donors (Lipinski definition) is 2. The molecule has 0 saturated carbocycles. The van der Waals surface area contributed by atoms with E-state index in [0.717, 1.165) is 0 Å². The van der Waals surface area contributed by atoms with Crippen LogP contribution < -0.4 is 9.47 Å². The standard InChI is InChI=1S/C9H10O3.C8H8O3/c1-2-12-9-5-7(6-10)3-4-8(9)11;1-11-7-4-2-3-6(5-9)8(7)10/h3-6,11H,2H2,1H3;2-5,10H,1H3. The van der Waals surface area contributed by atoms with Crippen molar-refractivity contribution in [3.63, 3.8) is 0 Å². The van der Waals surface area contributed by atoms with Crippen molar-refractivity contribution in [2.75, 3.05) is 13.7 Å². The van der Waals surface area contributed by atoms with E-state index in [9.17, 15) is 19.8 Å². The van der Waals surface area contributed by atoms with Crippen LogP contribution in [0.2, 0.25) is 0 Å². The summed E-state index contributed by atoms with van der Waals surface area (Å²) in [5.74, 6) is 0.615. The third-order valence-electron chi connectivity index (χ3n) is 2.80. The molecule has 2 aromatic carbocycles. The van der Waals surface area contributed by atoms with Gasteiger partial charge in [-0.2, -0.15) is 0 Å². The van der Waals surface area contributed by atoms with E-state index < -0.39 is 0 Å². The Morgan fingerprint density at radius 1 is 1.04 bits per heavy atom. The number of aromatic hydroxyl groups is 2. The van der Waals surface area contributed by atoms with Gasteiger partial charge in [-0.05, 0) is 37.3 Å². The maximum Gasteiger partial charge on any atom is 0.168 e. The molecule has 122 valence electrons. The van der Waals surface area contributed by atoms with Crippen molar-refractivity contribution in [1.29, 1.82) is 0 Å². The summed E-state index contributed by atoms with van der Waals surface area (Å²) in [5.41, 5.74) is 0.737. The Bertz CT molecular complexity index is 666. The highest BCUT2D eigenvalue weighted by molar-refractivity contribution is 5.80. The molecule has 0 amide bonds. The van der Waals surface area contributed by atoms with Crippen LogP contribution in [0, 0.1) is 0 Å². The Balaban J connectivity index is 0.000000231. The largest absolute Gasteiger partial charge is 0.504 e. The van der Waals surface area contributed by atoms with Crippen molar-refractivity contribution >= 4 is 12.6 Å². The molecule has 0 atom stereocenters. The average Bonchev–Trinajstić information content (AvgIpc) is 2.58. The van der Waals surface area contributed by atoms with E-state index >= 15 is 0 Å². The number of methoxy groups -OCH3 is 1. The maximum atomic E-state index is 10.3. The molecule has 0 fully saturated rings. The number of para-hydroxylation sites is 1. The summed E-state index contributed by atoms with van der Waals surface area (Å²) >= 11 is 0. The second-order valence-electron chi connectivity index (χ2n) is 4.29. The van der Waals surface area contributed by atoms with Crippen LogP contribution in [0.25, 0.3) is 0 Å². The van der Waals surface area contributed by atoms with Gasteiger partial charge in [0.2, 0.25) is 0 Å². The van der Waals surface area contributed by atoms with E-state index in [2.05, 4.69) is 0 Å². The number of phenolic OH excluding ortho intramolecular Hbond substituents is 2. The summed E-state index contributed by atoms with van der Waals surface area (Å²) in [5, 5.41) is 18.5. The van der Waals surface area contributed by atoms with E-state index in [-0.39, 0.29) is 17.1 Å². The second kappa shape index (κ2) is 9.09. The third-order valence-corrected chi connectivity index (χ3v) is 2.80. The maximum absolute atomic E-state index is 10.3. The van der Waals surface area contributed by atoms with Crippen LogP contribution in [0.1, 0.15) is 27.6 Å². The molecular weight excluding hydrogens is 300 g/mol. The smallest absolute Gasteiger partial charge is 0.168 e. The van der Waals surface area contributed by atoms with E-state index in [4.69, 9.17) is 9.47 Å². The molecule has 6 nitrogen and oxygen atoms in total. The summed E-state index contributed by atoms with van der Waals surface area (Å²) < 4.78 is 9.85. The molecule has 0 unspecified atom stereocenters. The molecular formula is C17H18O6. The molecule has 2 rings (SSSR count). The van der Waals surface area contributed by atoms with E-state index in [1.54, 1.807) is 12.1 Å². The van der Waals surface area contributed by atoms with Gasteiger partial charge < -0.3 is 19.7 Å². The highest BCUT2D eigenvalue weighted by atomic mass is 16.5. The first-order valence-electron chi connectivity index (χ1n) is 6.79. The van der Waals surface area contributed by atoms with E-state index in [1.165, 1.54) is 31.4 Å². The van der Waals surface area contributed by atoms with Gasteiger partial charge >= 0.3 is 0 Å². The van der Waals surface area contributed by atoms with Crippen LogP contribution in [0.4, 0.5) is 0 Å². The normalized spacial score (nSPS) is 9.30. The molecule has 0 spiro atoms. The zero-order valence-electron chi connectivity index (χ0n) is 12.9. The SMILES string of the molecule is CCOc1cc(C=O)ccc1O.COc1cccc(C=O)c1O. The number of rotatable bonds is 5. The lowest BCUT2D eigenvalue weighted by Crippen LogP contribution is -1.92. The lowest BCUT2D eigenvalue weighted by Gasteiger charge is -2.04. The molecule has 0 aliphatic carbocycles. The minimum Gasteiger partial charge on any atom is -0.504 e. The zero-order chi connectivity index (χ0) is 17.2. The summed E-state index contributed by atoms with van der Waals surface area (Å²) in [6, 6.07) is 9.22. The molecule has 0 aromatic heterocycles. The molecule has 0 aliphatic rings. The Kier molecular flexibility index (Phi) is 7.13. The van der Waals surface area contributed by atoms with Gasteiger partial charge in [0.15, 0.2) is 29.3 Å². The minimum atomic E-state index is -0.106. The van der Waals surface area contributed by atoms with E-state index in [1.807, 2.05) is 6.92 Å². The first kappa shape index (κ1) is 18.0. The number of carbonyl (C=O) groups excluding carboxylic acids is 2. The lowest BCUT2D eigenvalue weighted by molar-refractivity contribution is 0.111. The quantitative estimate of drug-likeness (QED) is 0.823. The number of carbonyl (C=O) groups is 2. The summed E-state index contributed by atoms with van der Waals surface area (Å²) in [6.07, 6.45) is 1.29. The van der Waals surface area contributed by atoms with Crippen LogP contribution in [0.5, 0.6) is 23.0 Å².